The molecule has 27 heavy (non-hydrogen) atoms. The van der Waals surface area contributed by atoms with E-state index in [1.54, 1.807) is 12.1 Å². The Balaban J connectivity index is 1.67. The summed E-state index contributed by atoms with van der Waals surface area (Å²) in [6.07, 6.45) is 1.09. The Bertz CT molecular complexity index is 713. The first kappa shape index (κ1) is 20.0. The predicted octanol–water partition coefficient (Wildman–Crippen LogP) is 4.06. The van der Waals surface area contributed by atoms with Crippen LogP contribution in [-0.2, 0) is 13.1 Å². The van der Waals surface area contributed by atoms with Crippen LogP contribution in [-0.4, -0.2) is 45.6 Å². The van der Waals surface area contributed by atoms with Gasteiger partial charge in [-0.05, 0) is 36.6 Å². The van der Waals surface area contributed by atoms with Gasteiger partial charge >= 0.3 is 0 Å². The summed E-state index contributed by atoms with van der Waals surface area (Å²) in [4.78, 5) is 9.49. The van der Waals surface area contributed by atoms with E-state index in [0.717, 1.165) is 44.0 Å². The van der Waals surface area contributed by atoms with E-state index in [1.165, 1.54) is 0 Å². The van der Waals surface area contributed by atoms with Gasteiger partial charge in [0.2, 0.25) is 5.89 Å². The third kappa shape index (κ3) is 5.36. The molecule has 1 aliphatic rings. The molecule has 0 N–H and O–H groups in total. The fourth-order valence-corrected chi connectivity index (χ4v) is 3.69. The molecule has 1 atom stereocenters. The van der Waals surface area contributed by atoms with Gasteiger partial charge in [0, 0.05) is 31.6 Å². The molecule has 1 aromatic carbocycles. The van der Waals surface area contributed by atoms with Crippen LogP contribution >= 0.6 is 0 Å². The highest BCUT2D eigenvalue weighted by molar-refractivity contribution is 5.16. The van der Waals surface area contributed by atoms with E-state index in [0.29, 0.717) is 24.4 Å². The molecule has 0 radical (unpaired) electrons. The van der Waals surface area contributed by atoms with Crippen molar-refractivity contribution in [3.8, 4) is 0 Å². The van der Waals surface area contributed by atoms with Gasteiger partial charge in [0.25, 0.3) is 0 Å². The molecule has 148 valence electrons. The van der Waals surface area contributed by atoms with Gasteiger partial charge in [0.05, 0.1) is 6.54 Å². The van der Waals surface area contributed by atoms with E-state index in [9.17, 15) is 4.39 Å². The van der Waals surface area contributed by atoms with Crippen LogP contribution in [0.3, 0.4) is 0 Å². The van der Waals surface area contributed by atoms with Crippen molar-refractivity contribution in [2.75, 3.05) is 19.6 Å². The summed E-state index contributed by atoms with van der Waals surface area (Å²) < 4.78 is 18.7. The zero-order chi connectivity index (χ0) is 19.4. The van der Waals surface area contributed by atoms with Crippen molar-refractivity contribution in [3.63, 3.8) is 0 Å². The van der Waals surface area contributed by atoms with Gasteiger partial charge in [0.15, 0.2) is 5.82 Å². The highest BCUT2D eigenvalue weighted by Crippen LogP contribution is 2.21. The summed E-state index contributed by atoms with van der Waals surface area (Å²) in [5.74, 6) is 2.11. The molecule has 0 bridgehead atoms. The van der Waals surface area contributed by atoms with Crippen molar-refractivity contribution in [2.24, 2.45) is 5.92 Å². The van der Waals surface area contributed by atoms with Crippen LogP contribution in [0.4, 0.5) is 4.39 Å². The second kappa shape index (κ2) is 8.93. The molecular weight excluding hydrogens is 343 g/mol. The molecule has 6 heteroatoms. The van der Waals surface area contributed by atoms with Crippen LogP contribution in [0.2, 0.25) is 0 Å². The zero-order valence-electron chi connectivity index (χ0n) is 16.9. The topological polar surface area (TPSA) is 45.4 Å². The van der Waals surface area contributed by atoms with E-state index in [4.69, 9.17) is 4.52 Å². The average molecular weight is 375 g/mol. The lowest BCUT2D eigenvalue weighted by molar-refractivity contribution is 0.125. The van der Waals surface area contributed by atoms with E-state index < -0.39 is 0 Å². The van der Waals surface area contributed by atoms with Gasteiger partial charge < -0.3 is 4.52 Å². The van der Waals surface area contributed by atoms with Gasteiger partial charge in [-0.2, -0.15) is 4.98 Å². The number of rotatable bonds is 6. The first-order valence-corrected chi connectivity index (χ1v) is 9.95. The van der Waals surface area contributed by atoms with Crippen molar-refractivity contribution in [1.29, 1.82) is 0 Å². The third-order valence-corrected chi connectivity index (χ3v) is 5.26. The summed E-state index contributed by atoms with van der Waals surface area (Å²) in [6.45, 7) is 13.3. The standard InChI is InChI=1S/C21H31FN4O/c1-15(2)19-13-25(14-20-23-21(16(3)4)24-27-20)10-5-11-26(19)12-17-6-8-18(22)9-7-17/h6-9,15-16,19H,5,10-14H2,1-4H3. The lowest BCUT2D eigenvalue weighted by atomic mass is 10.0. The molecule has 0 saturated carbocycles. The summed E-state index contributed by atoms with van der Waals surface area (Å²) in [7, 11) is 0. The van der Waals surface area contributed by atoms with Crippen molar-refractivity contribution < 1.29 is 8.91 Å². The molecule has 1 aromatic heterocycles. The van der Waals surface area contributed by atoms with E-state index >= 15 is 0 Å². The van der Waals surface area contributed by atoms with Crippen molar-refractivity contribution >= 4 is 0 Å². The lowest BCUT2D eigenvalue weighted by Gasteiger charge is -2.34. The molecule has 0 aliphatic carbocycles. The number of benzene rings is 1. The van der Waals surface area contributed by atoms with Crippen LogP contribution in [0, 0.1) is 11.7 Å². The minimum atomic E-state index is -0.179. The van der Waals surface area contributed by atoms with Crippen LogP contribution in [0.1, 0.15) is 57.3 Å². The highest BCUT2D eigenvalue weighted by Gasteiger charge is 2.28. The van der Waals surface area contributed by atoms with Gasteiger partial charge in [-0.25, -0.2) is 4.39 Å². The maximum Gasteiger partial charge on any atom is 0.240 e. The Morgan fingerprint density at radius 1 is 1.11 bits per heavy atom. The second-order valence-corrected chi connectivity index (χ2v) is 8.20. The summed E-state index contributed by atoms with van der Waals surface area (Å²) in [5.41, 5.74) is 1.16. The molecule has 5 nitrogen and oxygen atoms in total. The molecule has 1 unspecified atom stereocenters. The van der Waals surface area contributed by atoms with E-state index in [1.807, 2.05) is 12.1 Å². The van der Waals surface area contributed by atoms with E-state index in [-0.39, 0.29) is 11.7 Å². The fraction of sp³-hybridized carbons (Fsp3) is 0.619. The average Bonchev–Trinajstić information content (AvgIpc) is 3.00. The maximum absolute atomic E-state index is 13.2. The quantitative estimate of drug-likeness (QED) is 0.763. The van der Waals surface area contributed by atoms with Gasteiger partial charge in [-0.1, -0.05) is 45.0 Å². The molecular formula is C21H31FN4O. The second-order valence-electron chi connectivity index (χ2n) is 8.20. The largest absolute Gasteiger partial charge is 0.338 e. The molecule has 2 aromatic rings. The fourth-order valence-electron chi connectivity index (χ4n) is 3.69. The molecule has 1 aliphatic heterocycles. The first-order chi connectivity index (χ1) is 12.9. The number of halogens is 1. The van der Waals surface area contributed by atoms with Gasteiger partial charge in [-0.15, -0.1) is 0 Å². The Morgan fingerprint density at radius 2 is 1.85 bits per heavy atom. The molecule has 0 spiro atoms. The normalized spacial score (nSPS) is 19.7. The number of hydrogen-bond donors (Lipinski definition) is 0. The zero-order valence-corrected chi connectivity index (χ0v) is 16.9. The van der Waals surface area contributed by atoms with Gasteiger partial charge in [0.1, 0.15) is 5.82 Å². The Kier molecular flexibility index (Phi) is 6.60. The predicted molar refractivity (Wildman–Crippen MR) is 104 cm³/mol. The number of hydrogen-bond acceptors (Lipinski definition) is 5. The van der Waals surface area contributed by atoms with Crippen LogP contribution in [0.15, 0.2) is 28.8 Å². The Hall–Kier alpha value is -1.79. The highest BCUT2D eigenvalue weighted by atomic mass is 19.1. The lowest BCUT2D eigenvalue weighted by Crippen LogP contribution is -2.43. The van der Waals surface area contributed by atoms with Crippen LogP contribution < -0.4 is 0 Å². The Morgan fingerprint density at radius 3 is 2.48 bits per heavy atom. The van der Waals surface area contributed by atoms with Crippen molar-refractivity contribution in [3.05, 3.63) is 47.4 Å². The van der Waals surface area contributed by atoms with Crippen molar-refractivity contribution in [1.82, 2.24) is 19.9 Å². The van der Waals surface area contributed by atoms with Crippen molar-refractivity contribution in [2.45, 2.75) is 59.2 Å². The summed E-state index contributed by atoms with van der Waals surface area (Å²) >= 11 is 0. The molecule has 2 heterocycles. The third-order valence-electron chi connectivity index (χ3n) is 5.26. The number of aromatic nitrogens is 2. The smallest absolute Gasteiger partial charge is 0.240 e. The maximum atomic E-state index is 13.2. The molecule has 3 rings (SSSR count). The summed E-state index contributed by atoms with van der Waals surface area (Å²) in [6, 6.07) is 7.31. The van der Waals surface area contributed by atoms with E-state index in [2.05, 4.69) is 47.6 Å². The minimum absolute atomic E-state index is 0.179. The van der Waals surface area contributed by atoms with Crippen LogP contribution in [0.5, 0.6) is 0 Å². The number of nitrogens with zero attached hydrogens (tertiary/aromatic N) is 4. The first-order valence-electron chi connectivity index (χ1n) is 9.95. The molecule has 1 saturated heterocycles. The molecule has 0 amide bonds. The Labute approximate surface area is 161 Å². The SMILES string of the molecule is CC(C)c1noc(CN2CCCN(Cc3ccc(F)cc3)C(C(C)C)C2)n1. The summed E-state index contributed by atoms with van der Waals surface area (Å²) in [5, 5.41) is 4.08. The monoisotopic (exact) mass is 374 g/mol. The van der Waals surface area contributed by atoms with Gasteiger partial charge in [-0.3, -0.25) is 9.80 Å². The van der Waals surface area contributed by atoms with Crippen LogP contribution in [0.25, 0.3) is 0 Å². The minimum Gasteiger partial charge on any atom is -0.338 e. The molecule has 1 fully saturated rings.